The summed E-state index contributed by atoms with van der Waals surface area (Å²) in [5.41, 5.74) is 0.689. The summed E-state index contributed by atoms with van der Waals surface area (Å²) in [6.45, 7) is 1.18. The van der Waals surface area contributed by atoms with Gasteiger partial charge in [-0.3, -0.25) is 14.6 Å². The number of piperazine rings is 1. The predicted octanol–water partition coefficient (Wildman–Crippen LogP) is 1.64. The quantitative estimate of drug-likeness (QED) is 0.598. The highest BCUT2D eigenvalue weighted by atomic mass is 32.2. The Morgan fingerprint density at radius 3 is 2.38 bits per heavy atom. The number of amides is 2. The molecular weight excluding hydrogens is 430 g/mol. The Morgan fingerprint density at radius 2 is 1.75 bits per heavy atom. The first-order valence-corrected chi connectivity index (χ1v) is 11.8. The molecule has 0 atom stereocenters. The Kier molecular flexibility index (Phi) is 7.92. The first-order valence-electron chi connectivity index (χ1n) is 10.3. The molecule has 1 aliphatic heterocycles. The molecule has 2 amide bonds. The molecule has 2 aromatic rings. The van der Waals surface area contributed by atoms with Crippen LogP contribution in [0.3, 0.4) is 0 Å². The van der Waals surface area contributed by atoms with Crippen LogP contribution in [0.1, 0.15) is 19.3 Å². The summed E-state index contributed by atoms with van der Waals surface area (Å²) < 4.78 is 26.7. The van der Waals surface area contributed by atoms with E-state index in [9.17, 15) is 18.0 Å². The maximum atomic E-state index is 12.7. The van der Waals surface area contributed by atoms with Gasteiger partial charge in [-0.05, 0) is 24.3 Å². The SMILES string of the molecule is N#CCCN(C(=O)CCC(=O)N1CCN(S(=O)(=O)c2cccnc2)CC1)c1ccccc1. The average Bonchev–Trinajstić information content (AvgIpc) is 2.84. The predicted molar refractivity (Wildman–Crippen MR) is 118 cm³/mol. The van der Waals surface area contributed by atoms with Crippen LogP contribution >= 0.6 is 0 Å². The number of hydrogen-bond donors (Lipinski definition) is 0. The normalized spacial score (nSPS) is 14.5. The molecule has 1 aliphatic rings. The average molecular weight is 456 g/mol. The smallest absolute Gasteiger partial charge is 0.244 e. The number of rotatable bonds is 8. The topological polar surface area (TPSA) is 115 Å². The van der Waals surface area contributed by atoms with Gasteiger partial charge in [0.2, 0.25) is 21.8 Å². The van der Waals surface area contributed by atoms with Crippen molar-refractivity contribution in [2.24, 2.45) is 0 Å². The van der Waals surface area contributed by atoms with Crippen molar-refractivity contribution in [1.82, 2.24) is 14.2 Å². The minimum atomic E-state index is -3.64. The lowest BCUT2D eigenvalue weighted by Crippen LogP contribution is -2.50. The molecule has 0 unspecified atom stereocenters. The molecule has 2 heterocycles. The van der Waals surface area contributed by atoms with Gasteiger partial charge in [0.15, 0.2) is 0 Å². The molecule has 0 aliphatic carbocycles. The van der Waals surface area contributed by atoms with Gasteiger partial charge in [0.05, 0.1) is 12.5 Å². The molecule has 1 saturated heterocycles. The molecule has 0 bridgehead atoms. The third-order valence-corrected chi connectivity index (χ3v) is 7.11. The summed E-state index contributed by atoms with van der Waals surface area (Å²) in [5.74, 6) is -0.414. The molecule has 1 fully saturated rings. The lowest BCUT2D eigenvalue weighted by atomic mass is 10.2. The number of nitriles is 1. The van der Waals surface area contributed by atoms with E-state index in [0.29, 0.717) is 5.69 Å². The van der Waals surface area contributed by atoms with Crippen LogP contribution in [-0.2, 0) is 19.6 Å². The van der Waals surface area contributed by atoms with Crippen molar-refractivity contribution in [3.05, 3.63) is 54.9 Å². The maximum Gasteiger partial charge on any atom is 0.244 e. The Morgan fingerprint density at radius 1 is 1.03 bits per heavy atom. The minimum absolute atomic E-state index is 0.0212. The molecule has 3 rings (SSSR count). The Bertz CT molecular complexity index is 1060. The molecule has 168 valence electrons. The van der Waals surface area contributed by atoms with Crippen molar-refractivity contribution in [3.63, 3.8) is 0 Å². The fraction of sp³-hybridized carbons (Fsp3) is 0.364. The molecule has 10 heteroatoms. The van der Waals surface area contributed by atoms with E-state index in [-0.39, 0.29) is 68.7 Å². The second kappa shape index (κ2) is 10.8. The highest BCUT2D eigenvalue weighted by Crippen LogP contribution is 2.18. The number of pyridine rings is 1. The summed E-state index contributed by atoms with van der Waals surface area (Å²) in [7, 11) is -3.64. The number of hydrogen-bond acceptors (Lipinski definition) is 6. The zero-order valence-corrected chi connectivity index (χ0v) is 18.4. The number of aromatic nitrogens is 1. The monoisotopic (exact) mass is 455 g/mol. The standard InChI is InChI=1S/C22H25N5O4S/c23-11-5-13-27(19-6-2-1-3-7-19)22(29)10-9-21(28)25-14-16-26(17-15-25)32(30,31)20-8-4-12-24-18-20/h1-4,6-8,12,18H,5,9-10,13-17H2. The van der Waals surface area contributed by atoms with Crippen LogP contribution in [0.25, 0.3) is 0 Å². The summed E-state index contributed by atoms with van der Waals surface area (Å²) in [6.07, 6.45) is 3.07. The molecule has 9 nitrogen and oxygen atoms in total. The van der Waals surface area contributed by atoms with Crippen LogP contribution in [0.4, 0.5) is 5.69 Å². The van der Waals surface area contributed by atoms with Crippen LogP contribution in [0.5, 0.6) is 0 Å². The van der Waals surface area contributed by atoms with E-state index in [1.54, 1.807) is 23.1 Å². The Hall–Kier alpha value is -3.29. The fourth-order valence-electron chi connectivity index (χ4n) is 3.50. The van der Waals surface area contributed by atoms with Gasteiger partial charge in [-0.15, -0.1) is 0 Å². The number of carbonyl (C=O) groups excluding carboxylic acids is 2. The fourth-order valence-corrected chi connectivity index (χ4v) is 4.89. The van der Waals surface area contributed by atoms with E-state index >= 15 is 0 Å². The molecule has 1 aromatic carbocycles. The van der Waals surface area contributed by atoms with E-state index in [1.165, 1.54) is 27.7 Å². The Balaban J connectivity index is 1.53. The first kappa shape index (κ1) is 23.4. The van der Waals surface area contributed by atoms with E-state index in [2.05, 4.69) is 4.98 Å². The van der Waals surface area contributed by atoms with E-state index in [0.717, 1.165) is 0 Å². The number of sulfonamides is 1. The molecule has 0 N–H and O–H groups in total. The second-order valence-corrected chi connectivity index (χ2v) is 9.20. The lowest BCUT2D eigenvalue weighted by molar-refractivity contribution is -0.134. The third kappa shape index (κ3) is 5.69. The first-order chi connectivity index (χ1) is 15.4. The maximum absolute atomic E-state index is 12.7. The number of para-hydroxylation sites is 1. The number of benzene rings is 1. The van der Waals surface area contributed by atoms with Crippen LogP contribution < -0.4 is 4.90 Å². The van der Waals surface area contributed by atoms with Gasteiger partial charge < -0.3 is 9.80 Å². The highest BCUT2D eigenvalue weighted by Gasteiger charge is 2.30. The largest absolute Gasteiger partial charge is 0.340 e. The third-order valence-electron chi connectivity index (χ3n) is 5.23. The van der Waals surface area contributed by atoms with E-state index < -0.39 is 10.0 Å². The van der Waals surface area contributed by atoms with Crippen LogP contribution in [0.2, 0.25) is 0 Å². The van der Waals surface area contributed by atoms with Gasteiger partial charge in [0, 0.05) is 63.6 Å². The van der Waals surface area contributed by atoms with Gasteiger partial charge in [0.25, 0.3) is 0 Å². The van der Waals surface area contributed by atoms with Crippen molar-refractivity contribution in [2.45, 2.75) is 24.2 Å². The zero-order valence-electron chi connectivity index (χ0n) is 17.6. The highest BCUT2D eigenvalue weighted by molar-refractivity contribution is 7.89. The zero-order chi connectivity index (χ0) is 23.0. The molecule has 1 aromatic heterocycles. The van der Waals surface area contributed by atoms with Crippen LogP contribution in [-0.4, -0.2) is 67.1 Å². The van der Waals surface area contributed by atoms with Gasteiger partial charge in [-0.1, -0.05) is 18.2 Å². The second-order valence-electron chi connectivity index (χ2n) is 7.26. The van der Waals surface area contributed by atoms with Gasteiger partial charge in [-0.25, -0.2) is 8.42 Å². The summed E-state index contributed by atoms with van der Waals surface area (Å²) in [4.78, 5) is 32.5. The van der Waals surface area contributed by atoms with E-state index in [4.69, 9.17) is 5.26 Å². The lowest BCUT2D eigenvalue weighted by Gasteiger charge is -2.34. The number of anilines is 1. The van der Waals surface area contributed by atoms with Crippen molar-refractivity contribution in [1.29, 1.82) is 5.26 Å². The molecule has 0 spiro atoms. The van der Waals surface area contributed by atoms with Crippen molar-refractivity contribution >= 4 is 27.5 Å². The van der Waals surface area contributed by atoms with Gasteiger partial charge in [0.1, 0.15) is 4.90 Å². The van der Waals surface area contributed by atoms with Crippen LogP contribution in [0.15, 0.2) is 59.8 Å². The summed E-state index contributed by atoms with van der Waals surface area (Å²) in [6, 6.07) is 14.2. The van der Waals surface area contributed by atoms with Crippen molar-refractivity contribution in [2.75, 3.05) is 37.6 Å². The molecule has 0 radical (unpaired) electrons. The Labute approximate surface area is 187 Å². The van der Waals surface area contributed by atoms with E-state index in [1.807, 2.05) is 24.3 Å². The summed E-state index contributed by atoms with van der Waals surface area (Å²) >= 11 is 0. The number of carbonyl (C=O) groups is 2. The minimum Gasteiger partial charge on any atom is -0.340 e. The molecule has 0 saturated carbocycles. The van der Waals surface area contributed by atoms with Gasteiger partial charge in [-0.2, -0.15) is 9.57 Å². The summed E-state index contributed by atoms with van der Waals surface area (Å²) in [5, 5.41) is 8.88. The number of nitrogens with zero attached hydrogens (tertiary/aromatic N) is 5. The molecular formula is C22H25N5O4S. The van der Waals surface area contributed by atoms with Crippen LogP contribution in [0, 0.1) is 11.3 Å². The van der Waals surface area contributed by atoms with Crippen molar-refractivity contribution < 1.29 is 18.0 Å². The van der Waals surface area contributed by atoms with Gasteiger partial charge >= 0.3 is 0 Å². The molecule has 32 heavy (non-hydrogen) atoms. The van der Waals surface area contributed by atoms with Crippen molar-refractivity contribution in [3.8, 4) is 6.07 Å².